The van der Waals surface area contributed by atoms with E-state index in [0.29, 0.717) is 26.6 Å². The molecule has 1 saturated carbocycles. The number of carbonyl (C=O) groups excluding carboxylic acids is 1. The summed E-state index contributed by atoms with van der Waals surface area (Å²) in [5, 5.41) is 3.52. The number of hydrogen-bond donors (Lipinski definition) is 1. The molecule has 35 heavy (non-hydrogen) atoms. The summed E-state index contributed by atoms with van der Waals surface area (Å²) in [6, 6.07) is 6.86. The number of thiazole rings is 1. The largest absolute Gasteiger partial charge is 0.347 e. The van der Waals surface area contributed by atoms with Crippen LogP contribution >= 0.6 is 22.9 Å². The topological polar surface area (TPSA) is 85.6 Å². The number of amides is 1. The molecular weight excluding hydrogens is 487 g/mol. The van der Waals surface area contributed by atoms with Gasteiger partial charge in [-0.25, -0.2) is 15.0 Å². The van der Waals surface area contributed by atoms with Gasteiger partial charge in [-0.3, -0.25) is 9.78 Å². The Bertz CT molecular complexity index is 1370. The Morgan fingerprint density at radius 3 is 2.83 bits per heavy atom. The first-order chi connectivity index (χ1) is 16.9. The summed E-state index contributed by atoms with van der Waals surface area (Å²) in [6.07, 6.45) is 7.74. The maximum absolute atomic E-state index is 13.8. The zero-order valence-electron chi connectivity index (χ0n) is 19.5. The summed E-state index contributed by atoms with van der Waals surface area (Å²) in [6.45, 7) is 4.35. The van der Waals surface area contributed by atoms with E-state index in [1.54, 1.807) is 18.3 Å². The Balaban J connectivity index is 1.48. The highest BCUT2D eigenvalue weighted by molar-refractivity contribution is 7.17. The molecule has 4 heterocycles. The molecule has 0 radical (unpaired) electrons. The Morgan fingerprint density at radius 1 is 1.23 bits per heavy atom. The smallest absolute Gasteiger partial charge is 0.280 e. The van der Waals surface area contributed by atoms with Gasteiger partial charge in [-0.15, -0.1) is 0 Å². The van der Waals surface area contributed by atoms with Gasteiger partial charge in [0, 0.05) is 18.5 Å². The van der Waals surface area contributed by atoms with Gasteiger partial charge >= 0.3 is 0 Å². The predicted octanol–water partition coefficient (Wildman–Crippen LogP) is 5.85. The Kier molecular flexibility index (Phi) is 6.80. The van der Waals surface area contributed by atoms with Crippen LogP contribution in [0, 0.1) is 11.9 Å². The van der Waals surface area contributed by atoms with Crippen LogP contribution in [-0.4, -0.2) is 36.5 Å². The van der Waals surface area contributed by atoms with Crippen molar-refractivity contribution < 1.29 is 9.18 Å². The van der Waals surface area contributed by atoms with Crippen molar-refractivity contribution in [3.63, 3.8) is 0 Å². The summed E-state index contributed by atoms with van der Waals surface area (Å²) < 4.78 is 16.6. The minimum Gasteiger partial charge on any atom is -0.347 e. The average molecular weight is 513 g/mol. The van der Waals surface area contributed by atoms with Gasteiger partial charge < -0.3 is 9.88 Å². The Morgan fingerprint density at radius 2 is 2.09 bits per heavy atom. The minimum absolute atomic E-state index is 0.0273. The summed E-state index contributed by atoms with van der Waals surface area (Å²) in [5.41, 5.74) is 2.86. The number of halogens is 2. The van der Waals surface area contributed by atoms with E-state index in [1.807, 2.05) is 6.07 Å². The summed E-state index contributed by atoms with van der Waals surface area (Å²) in [5.74, 6) is 0.710. The van der Waals surface area contributed by atoms with Crippen molar-refractivity contribution in [3.8, 4) is 11.4 Å². The number of aromatic nitrogens is 5. The summed E-state index contributed by atoms with van der Waals surface area (Å²) in [7, 11) is 0. The lowest BCUT2D eigenvalue weighted by molar-refractivity contribution is 0.0920. The third-order valence-electron chi connectivity index (χ3n) is 6.24. The molecule has 2 atom stereocenters. The fourth-order valence-electron chi connectivity index (χ4n) is 4.79. The van der Waals surface area contributed by atoms with Gasteiger partial charge in [-0.1, -0.05) is 42.9 Å². The summed E-state index contributed by atoms with van der Waals surface area (Å²) in [4.78, 5) is 30.2. The second-order valence-electron chi connectivity index (χ2n) is 9.36. The highest BCUT2D eigenvalue weighted by Gasteiger charge is 2.29. The van der Waals surface area contributed by atoms with Gasteiger partial charge in [-0.05, 0) is 49.8 Å². The monoisotopic (exact) mass is 512 g/mol. The molecule has 5 rings (SSSR count). The molecule has 7 nitrogen and oxygen atoms in total. The van der Waals surface area contributed by atoms with E-state index in [0.717, 1.165) is 49.0 Å². The first-order valence-electron chi connectivity index (χ1n) is 11.8. The SMILES string of the molecule is CC(C)Cc1nc2cnc(-c3cccc(F)n3)cc2n1[C@@H]1CCC[C@H](NC(=O)c2ncc(Cl)s2)C1. The molecule has 1 N–H and O–H groups in total. The molecule has 1 amide bonds. The molecule has 182 valence electrons. The van der Waals surface area contributed by atoms with E-state index in [4.69, 9.17) is 16.6 Å². The molecule has 0 aromatic carbocycles. The van der Waals surface area contributed by atoms with Crippen LogP contribution in [0.25, 0.3) is 22.4 Å². The van der Waals surface area contributed by atoms with E-state index in [1.165, 1.54) is 23.6 Å². The molecule has 0 aliphatic heterocycles. The lowest BCUT2D eigenvalue weighted by Crippen LogP contribution is -2.39. The van der Waals surface area contributed by atoms with E-state index >= 15 is 0 Å². The normalized spacial score (nSPS) is 18.3. The van der Waals surface area contributed by atoms with Crippen LogP contribution in [0.1, 0.15) is 61.2 Å². The average Bonchev–Trinajstić information content (AvgIpc) is 3.41. The number of hydrogen-bond acceptors (Lipinski definition) is 6. The van der Waals surface area contributed by atoms with Crippen LogP contribution in [0.4, 0.5) is 4.39 Å². The minimum atomic E-state index is -0.536. The molecular formula is C25H26ClFN6OS. The van der Waals surface area contributed by atoms with E-state index in [2.05, 4.69) is 38.7 Å². The predicted molar refractivity (Wildman–Crippen MR) is 135 cm³/mol. The van der Waals surface area contributed by atoms with Crippen LogP contribution in [0.5, 0.6) is 0 Å². The summed E-state index contributed by atoms with van der Waals surface area (Å²) >= 11 is 7.14. The number of rotatable bonds is 6. The van der Waals surface area contributed by atoms with Crippen LogP contribution in [-0.2, 0) is 6.42 Å². The van der Waals surface area contributed by atoms with E-state index in [-0.39, 0.29) is 18.0 Å². The molecule has 0 spiro atoms. The number of nitrogens with zero attached hydrogens (tertiary/aromatic N) is 5. The number of pyridine rings is 2. The fourth-order valence-corrected chi connectivity index (χ4v) is 5.61. The van der Waals surface area contributed by atoms with Gasteiger partial charge in [-0.2, -0.15) is 4.39 Å². The van der Waals surface area contributed by atoms with Crippen molar-refractivity contribution in [2.24, 2.45) is 5.92 Å². The Labute approximate surface area is 211 Å². The lowest BCUT2D eigenvalue weighted by Gasteiger charge is -2.32. The van der Waals surface area contributed by atoms with Gasteiger partial charge in [0.25, 0.3) is 5.91 Å². The lowest BCUT2D eigenvalue weighted by atomic mass is 9.90. The first-order valence-corrected chi connectivity index (χ1v) is 13.0. The third kappa shape index (κ3) is 5.21. The van der Waals surface area contributed by atoms with Crippen molar-refractivity contribution in [3.05, 3.63) is 57.8 Å². The molecule has 10 heteroatoms. The molecule has 1 aliphatic rings. The number of fused-ring (bicyclic) bond motifs is 1. The van der Waals surface area contributed by atoms with Crippen molar-refractivity contribution in [1.82, 2.24) is 29.8 Å². The van der Waals surface area contributed by atoms with Gasteiger partial charge in [0.2, 0.25) is 5.95 Å². The molecule has 0 saturated heterocycles. The van der Waals surface area contributed by atoms with E-state index in [9.17, 15) is 9.18 Å². The zero-order valence-corrected chi connectivity index (χ0v) is 21.1. The van der Waals surface area contributed by atoms with Crippen LogP contribution in [0.3, 0.4) is 0 Å². The quantitative estimate of drug-likeness (QED) is 0.327. The molecule has 4 aromatic rings. The maximum Gasteiger partial charge on any atom is 0.280 e. The van der Waals surface area contributed by atoms with Crippen molar-refractivity contribution in [1.29, 1.82) is 0 Å². The van der Waals surface area contributed by atoms with Gasteiger partial charge in [0.05, 0.1) is 29.3 Å². The van der Waals surface area contributed by atoms with Crippen molar-refractivity contribution in [2.75, 3.05) is 0 Å². The van der Waals surface area contributed by atoms with Crippen LogP contribution in [0.2, 0.25) is 4.34 Å². The third-order valence-corrected chi connectivity index (χ3v) is 7.35. The second kappa shape index (κ2) is 9.99. The molecule has 0 bridgehead atoms. The maximum atomic E-state index is 13.8. The number of carbonyl (C=O) groups is 1. The molecule has 4 aromatic heterocycles. The highest BCUT2D eigenvalue weighted by Crippen LogP contribution is 2.34. The first kappa shape index (κ1) is 23.8. The second-order valence-corrected chi connectivity index (χ2v) is 11.0. The van der Waals surface area contributed by atoms with Crippen LogP contribution in [0.15, 0.2) is 36.7 Å². The standard InChI is InChI=1S/C25H26ClFN6OS/c1-14(2)9-23-32-19-12-28-18(17-7-4-8-22(27)31-17)11-20(19)33(23)16-6-3-5-15(10-16)30-24(34)25-29-13-21(26)35-25/h4,7-8,11-16H,3,5-6,9-10H2,1-2H3,(H,30,34)/t15-,16+/m0/s1. The number of imidazole rings is 1. The van der Waals surface area contributed by atoms with Crippen LogP contribution < -0.4 is 5.32 Å². The van der Waals surface area contributed by atoms with Crippen molar-refractivity contribution in [2.45, 2.75) is 58.0 Å². The Hall–Kier alpha value is -2.91. The molecule has 1 fully saturated rings. The molecule has 0 unspecified atom stereocenters. The van der Waals surface area contributed by atoms with Crippen molar-refractivity contribution >= 4 is 39.9 Å². The highest BCUT2D eigenvalue weighted by atomic mass is 35.5. The van der Waals surface area contributed by atoms with E-state index < -0.39 is 5.95 Å². The number of nitrogens with one attached hydrogen (secondary N) is 1. The fraction of sp³-hybridized carbons (Fsp3) is 0.400. The molecule has 1 aliphatic carbocycles. The van der Waals surface area contributed by atoms with Gasteiger partial charge in [0.1, 0.15) is 15.7 Å². The van der Waals surface area contributed by atoms with Gasteiger partial charge in [0.15, 0.2) is 5.01 Å². The zero-order chi connectivity index (χ0) is 24.5.